The van der Waals surface area contributed by atoms with E-state index in [4.69, 9.17) is 5.73 Å². The molecular weight excluding hydrogens is 254 g/mol. The van der Waals surface area contributed by atoms with Crippen LogP contribution in [0.4, 0.5) is 0 Å². The summed E-state index contributed by atoms with van der Waals surface area (Å²) in [6, 6.07) is 0.116. The monoisotopic (exact) mass is 296 g/mol. The van der Waals surface area contributed by atoms with E-state index in [1.54, 1.807) is 0 Å². The highest BCUT2D eigenvalue weighted by Crippen LogP contribution is 2.23. The minimum atomic E-state index is 0.116. The average Bonchev–Trinajstić information content (AvgIpc) is 2.42. The van der Waals surface area contributed by atoms with Crippen LogP contribution in [-0.4, -0.2) is 6.04 Å². The number of rotatable bonds is 14. The maximum Gasteiger partial charge on any atom is 0.0261 e. The molecular formula is C20H42N. The van der Waals surface area contributed by atoms with Crippen molar-refractivity contribution in [1.82, 2.24) is 5.73 Å². The fourth-order valence-corrected chi connectivity index (χ4v) is 2.80. The Kier molecular flexibility index (Phi) is 13.6. The molecule has 0 aliphatic carbocycles. The van der Waals surface area contributed by atoms with Gasteiger partial charge >= 0.3 is 0 Å². The first-order valence-electron chi connectivity index (χ1n) is 9.69. The van der Waals surface area contributed by atoms with Crippen LogP contribution in [0.3, 0.4) is 0 Å². The van der Waals surface area contributed by atoms with Crippen LogP contribution in [0.5, 0.6) is 0 Å². The molecule has 0 aromatic heterocycles. The maximum absolute atomic E-state index is 8.08. The summed E-state index contributed by atoms with van der Waals surface area (Å²) in [5.74, 6) is 0. The van der Waals surface area contributed by atoms with E-state index in [2.05, 4.69) is 27.7 Å². The molecule has 1 heteroatoms. The van der Waals surface area contributed by atoms with Gasteiger partial charge in [0.15, 0.2) is 0 Å². The highest BCUT2D eigenvalue weighted by atomic mass is 14.7. The molecule has 0 aliphatic rings. The van der Waals surface area contributed by atoms with Crippen LogP contribution in [-0.2, 0) is 0 Å². The van der Waals surface area contributed by atoms with Gasteiger partial charge in [0, 0.05) is 6.04 Å². The third kappa shape index (κ3) is 14.7. The first kappa shape index (κ1) is 21.0. The molecule has 0 aliphatic heterocycles. The molecule has 0 fully saturated rings. The molecule has 0 amide bonds. The molecule has 0 aromatic rings. The minimum Gasteiger partial charge on any atom is -0.254 e. The third-order valence-corrected chi connectivity index (χ3v) is 4.64. The summed E-state index contributed by atoms with van der Waals surface area (Å²) < 4.78 is 0. The Balaban J connectivity index is 3.13. The van der Waals surface area contributed by atoms with E-state index in [-0.39, 0.29) is 11.5 Å². The van der Waals surface area contributed by atoms with Crippen LogP contribution in [0.15, 0.2) is 0 Å². The van der Waals surface area contributed by atoms with Crippen LogP contribution in [0, 0.1) is 5.41 Å². The van der Waals surface area contributed by atoms with Gasteiger partial charge in [0.2, 0.25) is 0 Å². The van der Waals surface area contributed by atoms with E-state index >= 15 is 0 Å². The van der Waals surface area contributed by atoms with Crippen molar-refractivity contribution < 1.29 is 0 Å². The predicted octanol–water partition coefficient (Wildman–Crippen LogP) is 7.17. The lowest BCUT2D eigenvalue weighted by Gasteiger charge is -2.25. The maximum atomic E-state index is 8.08. The zero-order chi connectivity index (χ0) is 16.0. The summed E-state index contributed by atoms with van der Waals surface area (Å²) in [5.41, 5.74) is 8.24. The quantitative estimate of drug-likeness (QED) is 0.303. The number of hydrogen-bond acceptors (Lipinski definition) is 0. The summed E-state index contributed by atoms with van der Waals surface area (Å²) in [6.45, 7) is 8.85. The fourth-order valence-electron chi connectivity index (χ4n) is 2.80. The summed E-state index contributed by atoms with van der Waals surface area (Å²) in [5, 5.41) is 0. The van der Waals surface area contributed by atoms with Gasteiger partial charge in [0.05, 0.1) is 0 Å². The Morgan fingerprint density at radius 3 is 1.29 bits per heavy atom. The SMILES string of the molecule is CCCCCCCCCCCCCCCC([NH])C(C)(C)C. The molecule has 0 aromatic carbocycles. The Morgan fingerprint density at radius 1 is 0.619 bits per heavy atom. The van der Waals surface area contributed by atoms with Crippen molar-refractivity contribution in [1.29, 1.82) is 0 Å². The van der Waals surface area contributed by atoms with Crippen molar-refractivity contribution in [2.75, 3.05) is 0 Å². The second kappa shape index (κ2) is 13.6. The topological polar surface area (TPSA) is 23.8 Å². The molecule has 1 unspecified atom stereocenters. The second-order valence-corrected chi connectivity index (χ2v) is 7.95. The van der Waals surface area contributed by atoms with Crippen LogP contribution < -0.4 is 5.73 Å². The third-order valence-electron chi connectivity index (χ3n) is 4.64. The summed E-state index contributed by atoms with van der Waals surface area (Å²) in [7, 11) is 0. The normalized spacial score (nSPS) is 13.6. The largest absolute Gasteiger partial charge is 0.254 e. The molecule has 1 N–H and O–H groups in total. The molecule has 1 radical (unpaired) electrons. The number of nitrogens with one attached hydrogen (secondary N) is 1. The molecule has 0 saturated carbocycles. The second-order valence-electron chi connectivity index (χ2n) is 7.95. The molecule has 0 rings (SSSR count). The van der Waals surface area contributed by atoms with Crippen molar-refractivity contribution in [3.63, 3.8) is 0 Å². The predicted molar refractivity (Wildman–Crippen MR) is 96.7 cm³/mol. The first-order chi connectivity index (χ1) is 9.98. The molecule has 0 saturated heterocycles. The average molecular weight is 297 g/mol. The van der Waals surface area contributed by atoms with Gasteiger partial charge in [-0.3, -0.25) is 5.73 Å². The van der Waals surface area contributed by atoms with Crippen LogP contribution in [0.2, 0.25) is 0 Å². The summed E-state index contributed by atoms with van der Waals surface area (Å²) in [6.07, 6.45) is 19.4. The van der Waals surface area contributed by atoms with Gasteiger partial charge in [-0.1, -0.05) is 111 Å². The highest BCUT2D eigenvalue weighted by molar-refractivity contribution is 4.75. The first-order valence-corrected chi connectivity index (χ1v) is 9.69. The molecule has 1 atom stereocenters. The van der Waals surface area contributed by atoms with E-state index in [1.807, 2.05) is 0 Å². The van der Waals surface area contributed by atoms with Crippen LogP contribution in [0.25, 0.3) is 0 Å². The Morgan fingerprint density at radius 2 is 0.952 bits per heavy atom. The Labute approximate surface area is 135 Å². The minimum absolute atomic E-state index is 0.116. The van der Waals surface area contributed by atoms with E-state index in [0.717, 1.165) is 6.42 Å². The summed E-state index contributed by atoms with van der Waals surface area (Å²) in [4.78, 5) is 0. The lowest BCUT2D eigenvalue weighted by Crippen LogP contribution is -2.27. The van der Waals surface area contributed by atoms with E-state index < -0.39 is 0 Å². The van der Waals surface area contributed by atoms with Gasteiger partial charge in [-0.15, -0.1) is 0 Å². The summed E-state index contributed by atoms with van der Waals surface area (Å²) >= 11 is 0. The van der Waals surface area contributed by atoms with Gasteiger partial charge < -0.3 is 0 Å². The van der Waals surface area contributed by atoms with Crippen molar-refractivity contribution >= 4 is 0 Å². The van der Waals surface area contributed by atoms with Gasteiger partial charge in [-0.25, -0.2) is 0 Å². The molecule has 0 heterocycles. The van der Waals surface area contributed by atoms with Crippen LogP contribution in [0.1, 0.15) is 118 Å². The van der Waals surface area contributed by atoms with E-state index in [0.29, 0.717) is 0 Å². The van der Waals surface area contributed by atoms with Crippen molar-refractivity contribution in [3.05, 3.63) is 0 Å². The van der Waals surface area contributed by atoms with Gasteiger partial charge in [0.1, 0.15) is 0 Å². The Hall–Kier alpha value is -0.0400. The number of unbranched alkanes of at least 4 members (excludes halogenated alkanes) is 12. The molecule has 0 bridgehead atoms. The van der Waals surface area contributed by atoms with Gasteiger partial charge in [-0.05, 0) is 11.8 Å². The van der Waals surface area contributed by atoms with Crippen molar-refractivity contribution in [3.8, 4) is 0 Å². The molecule has 1 nitrogen and oxygen atoms in total. The highest BCUT2D eigenvalue weighted by Gasteiger charge is 2.20. The van der Waals surface area contributed by atoms with Crippen LogP contribution >= 0.6 is 0 Å². The standard InChI is InChI=1S/C20H42N/c1-5-6-7-8-9-10-11-12-13-14-15-16-17-18-19(21)20(2,3)4/h19,21H,5-18H2,1-4H3. The lowest BCUT2D eigenvalue weighted by molar-refractivity contribution is 0.290. The smallest absolute Gasteiger partial charge is 0.0261 e. The Bertz CT molecular complexity index is 204. The van der Waals surface area contributed by atoms with Crippen molar-refractivity contribution in [2.45, 2.75) is 124 Å². The van der Waals surface area contributed by atoms with E-state index in [1.165, 1.54) is 83.5 Å². The number of hydrogen-bond donors (Lipinski definition) is 0. The molecule has 21 heavy (non-hydrogen) atoms. The van der Waals surface area contributed by atoms with Crippen molar-refractivity contribution in [2.24, 2.45) is 5.41 Å². The zero-order valence-electron chi connectivity index (χ0n) is 15.5. The van der Waals surface area contributed by atoms with E-state index in [9.17, 15) is 0 Å². The van der Waals surface area contributed by atoms with Gasteiger partial charge in [0.25, 0.3) is 0 Å². The molecule has 127 valence electrons. The zero-order valence-corrected chi connectivity index (χ0v) is 15.5. The van der Waals surface area contributed by atoms with Gasteiger partial charge in [-0.2, -0.15) is 0 Å². The lowest BCUT2D eigenvalue weighted by atomic mass is 9.84. The fraction of sp³-hybridized carbons (Fsp3) is 1.00. The molecule has 0 spiro atoms.